The Morgan fingerprint density at radius 1 is 0.875 bits per heavy atom. The molecule has 344 valence electrons. The van der Waals surface area contributed by atoms with Crippen molar-refractivity contribution in [1.29, 1.82) is 0 Å². The minimum absolute atomic E-state index is 0.0838. The summed E-state index contributed by atoms with van der Waals surface area (Å²) < 4.78 is 11.1. The fraction of sp³-hybridized carbons (Fsp3) is 0.545. The number of esters is 2. The van der Waals surface area contributed by atoms with Crippen LogP contribution in [0, 0.1) is 35.5 Å². The summed E-state index contributed by atoms with van der Waals surface area (Å²) in [5, 5.41) is 15.6. The number of rotatable bonds is 20. The molecule has 0 aromatic carbocycles. The molecule has 0 radical (unpaired) electrons. The zero-order valence-electron chi connectivity index (χ0n) is 40.7. The molecule has 1 saturated heterocycles. The molecular weight excluding hydrogens is 797 g/mol. The smallest absolute Gasteiger partial charge is 0.321 e. The van der Waals surface area contributed by atoms with Gasteiger partial charge in [0.05, 0.1) is 41.3 Å². The quantitative estimate of drug-likeness (QED) is 0.0928. The summed E-state index contributed by atoms with van der Waals surface area (Å²) in [6.07, 6.45) is 22.7. The Labute approximate surface area is 383 Å². The molecule has 5 aliphatic heterocycles. The number of hydrogen-bond acceptors (Lipinski definition) is 9. The van der Waals surface area contributed by atoms with Crippen molar-refractivity contribution in [2.24, 2.45) is 50.5 Å². The van der Waals surface area contributed by atoms with Crippen LogP contribution in [0.25, 0.3) is 0 Å². The van der Waals surface area contributed by atoms with Gasteiger partial charge in [0.2, 0.25) is 0 Å². The lowest BCUT2D eigenvalue weighted by Gasteiger charge is -2.20. The van der Waals surface area contributed by atoms with Gasteiger partial charge in [-0.25, -0.2) is 15.0 Å². The lowest BCUT2D eigenvalue weighted by atomic mass is 9.84. The second-order valence-corrected chi connectivity index (χ2v) is 19.5. The molecule has 8 bridgehead atoms. The molecule has 9 nitrogen and oxygen atoms in total. The number of methoxy groups -OCH3 is 1. The Morgan fingerprint density at radius 2 is 1.53 bits per heavy atom. The number of carbonyl (C=O) groups is 2. The number of aliphatic hydroxyl groups is 1. The Kier molecular flexibility index (Phi) is 16.1. The van der Waals surface area contributed by atoms with Crippen molar-refractivity contribution in [3.05, 3.63) is 116 Å². The normalized spacial score (nSPS) is 22.8. The third-order valence-electron chi connectivity index (χ3n) is 14.3. The molecule has 0 saturated carbocycles. The summed E-state index contributed by atoms with van der Waals surface area (Å²) in [4.78, 5) is 42.4. The summed E-state index contributed by atoms with van der Waals surface area (Å²) in [6.45, 7) is 26.2. The molecule has 0 aromatic rings. The van der Waals surface area contributed by atoms with Gasteiger partial charge in [-0.1, -0.05) is 105 Å². The molecule has 0 amide bonds. The monoisotopic (exact) mass is 871 g/mol. The van der Waals surface area contributed by atoms with Gasteiger partial charge in [0, 0.05) is 46.4 Å². The number of ether oxygens (including phenoxy) is 2. The fourth-order valence-electron chi connectivity index (χ4n) is 10.2. The molecule has 64 heavy (non-hydrogen) atoms. The van der Waals surface area contributed by atoms with Crippen molar-refractivity contribution in [3.8, 4) is 0 Å². The van der Waals surface area contributed by atoms with Gasteiger partial charge in [-0.2, -0.15) is 0 Å². The Bertz CT molecular complexity index is 2300. The Morgan fingerprint density at radius 3 is 2.19 bits per heavy atom. The second kappa shape index (κ2) is 21.3. The summed E-state index contributed by atoms with van der Waals surface area (Å²) >= 11 is 0. The van der Waals surface area contributed by atoms with Gasteiger partial charge in [0.25, 0.3) is 0 Å². The first-order valence-corrected chi connectivity index (χ1v) is 24.1. The summed E-state index contributed by atoms with van der Waals surface area (Å²) in [7, 11) is 1.33. The highest BCUT2D eigenvalue weighted by molar-refractivity contribution is 6.24. The van der Waals surface area contributed by atoms with Crippen LogP contribution in [-0.2, 0) is 19.1 Å². The van der Waals surface area contributed by atoms with E-state index >= 15 is 0 Å². The number of aliphatic imine (C=N–C) groups is 3. The van der Waals surface area contributed by atoms with E-state index in [1.165, 1.54) is 57.6 Å². The largest absolute Gasteiger partial charge is 0.510 e. The summed E-state index contributed by atoms with van der Waals surface area (Å²) in [5.74, 6) is -0.0182. The summed E-state index contributed by atoms with van der Waals surface area (Å²) in [6, 6.07) is 0. The number of nitrogens with one attached hydrogen (secondary N) is 1. The SMILES string of the molecule is C=CC1=C(C)C2=NC1=CC1=NC(=CC3=C(C)C4=C(O)C(C(=O)OC)C(=C5NC(=C2)C(C)[C@@H]5CCC(=O)OC/C=C(\C)CCC[C@H](C)CCC[C@H](C)CCCC(C)C)C4=N3)C(CC)=C1C. The minimum Gasteiger partial charge on any atom is -0.510 e. The molecule has 0 spiro atoms. The molecule has 6 rings (SSSR count). The van der Waals surface area contributed by atoms with Crippen LogP contribution in [0.4, 0.5) is 0 Å². The number of hydrogen-bond donors (Lipinski definition) is 2. The number of aliphatic hydroxyl groups excluding tert-OH is 1. The lowest BCUT2D eigenvalue weighted by Crippen LogP contribution is -2.25. The first kappa shape index (κ1) is 48.4. The molecule has 2 unspecified atom stereocenters. The topological polar surface area (TPSA) is 122 Å². The van der Waals surface area contributed by atoms with Crippen LogP contribution < -0.4 is 5.32 Å². The third-order valence-corrected chi connectivity index (χ3v) is 14.3. The first-order valence-electron chi connectivity index (χ1n) is 24.1. The molecule has 1 aliphatic carbocycles. The number of carbonyl (C=O) groups excluding carboxylic acids is 2. The zero-order valence-corrected chi connectivity index (χ0v) is 40.7. The van der Waals surface area contributed by atoms with Crippen molar-refractivity contribution in [3.63, 3.8) is 0 Å². The van der Waals surface area contributed by atoms with Crippen molar-refractivity contribution >= 4 is 29.1 Å². The van der Waals surface area contributed by atoms with Gasteiger partial charge in [0.1, 0.15) is 18.3 Å². The molecule has 5 heterocycles. The van der Waals surface area contributed by atoms with E-state index in [4.69, 9.17) is 24.5 Å². The van der Waals surface area contributed by atoms with Crippen LogP contribution in [0.1, 0.15) is 146 Å². The van der Waals surface area contributed by atoms with Crippen molar-refractivity contribution in [2.75, 3.05) is 13.7 Å². The third kappa shape index (κ3) is 10.6. The highest BCUT2D eigenvalue weighted by Crippen LogP contribution is 2.49. The van der Waals surface area contributed by atoms with Crippen molar-refractivity contribution in [1.82, 2.24) is 5.32 Å². The van der Waals surface area contributed by atoms with Crippen LogP contribution in [-0.4, -0.2) is 47.9 Å². The molecule has 5 atom stereocenters. The van der Waals surface area contributed by atoms with Crippen LogP contribution >= 0.6 is 0 Å². The number of allylic oxidation sites excluding steroid dienone is 12. The average Bonchev–Trinajstić information content (AvgIpc) is 3.99. The first-order chi connectivity index (χ1) is 30.6. The fourth-order valence-corrected chi connectivity index (χ4v) is 10.2. The molecule has 6 aliphatic rings. The Balaban J connectivity index is 1.20. The van der Waals surface area contributed by atoms with Crippen LogP contribution in [0.3, 0.4) is 0 Å². The van der Waals surface area contributed by atoms with Gasteiger partial charge in [-0.05, 0) is 118 Å². The molecule has 0 aromatic heterocycles. The van der Waals surface area contributed by atoms with Crippen LogP contribution in [0.15, 0.2) is 131 Å². The molecular formula is C55H74N4O5. The molecule has 9 heteroatoms. The zero-order chi connectivity index (χ0) is 46.4. The van der Waals surface area contributed by atoms with E-state index in [9.17, 15) is 14.7 Å². The van der Waals surface area contributed by atoms with E-state index in [2.05, 4.69) is 73.4 Å². The van der Waals surface area contributed by atoms with E-state index in [-0.39, 0.29) is 36.6 Å². The maximum atomic E-state index is 13.6. The highest BCUT2D eigenvalue weighted by Gasteiger charge is 2.49. The summed E-state index contributed by atoms with van der Waals surface area (Å²) in [5.41, 5.74) is 13.3. The second-order valence-electron chi connectivity index (χ2n) is 19.5. The van der Waals surface area contributed by atoms with Crippen molar-refractivity contribution < 1.29 is 24.2 Å². The van der Waals surface area contributed by atoms with Gasteiger partial charge in [0.15, 0.2) is 0 Å². The van der Waals surface area contributed by atoms with Crippen molar-refractivity contribution in [2.45, 2.75) is 146 Å². The van der Waals surface area contributed by atoms with Crippen LogP contribution in [0.5, 0.6) is 0 Å². The standard InChI is InChI=1S/C55H74N4O5/c1-13-39-35(8)42-28-44-37(10)41(24-25-48(60)64-27-26-34(7)23-17-22-33(6)21-16-20-32(5)19-15-18-31(3)4)52(58-44)50-51(55(62)63-12)54(61)49-38(11)45(59-53(49)50)30-47-40(14-2)36(9)43(57-47)29-46(39)56-42/h13,26,28-33,37,41,51,58,61H,1,14-25,27H2,2-12H3/b34-26+,44-28?,46-29?,47-30?,52-50?/t32-,33-,37?,41+,51?/m1/s1. The molecule has 1 fully saturated rings. The van der Waals surface area contributed by atoms with E-state index in [1.807, 2.05) is 38.2 Å². The predicted molar refractivity (Wildman–Crippen MR) is 262 cm³/mol. The Hall–Kier alpha value is -5.05. The van der Waals surface area contributed by atoms with Crippen LogP contribution in [0.2, 0.25) is 0 Å². The molecule has 2 N–H and O–H groups in total. The van der Waals surface area contributed by atoms with Gasteiger partial charge >= 0.3 is 11.9 Å². The minimum atomic E-state index is -1.08. The van der Waals surface area contributed by atoms with E-state index in [0.717, 1.165) is 99.1 Å². The number of nitrogens with zero attached hydrogens (tertiary/aromatic N) is 3. The number of fused-ring (bicyclic) bond motifs is 5. The van der Waals surface area contributed by atoms with Gasteiger partial charge in [-0.3, -0.25) is 9.59 Å². The predicted octanol–water partition coefficient (Wildman–Crippen LogP) is 13.0. The van der Waals surface area contributed by atoms with E-state index in [0.29, 0.717) is 29.0 Å². The van der Waals surface area contributed by atoms with E-state index in [1.54, 1.807) is 0 Å². The van der Waals surface area contributed by atoms with Gasteiger partial charge in [-0.15, -0.1) is 0 Å². The highest BCUT2D eigenvalue weighted by atomic mass is 16.5. The maximum Gasteiger partial charge on any atom is 0.321 e. The van der Waals surface area contributed by atoms with Gasteiger partial charge < -0.3 is 19.9 Å². The van der Waals surface area contributed by atoms with E-state index < -0.39 is 11.9 Å². The maximum absolute atomic E-state index is 13.6. The average molecular weight is 871 g/mol. The lowest BCUT2D eigenvalue weighted by molar-refractivity contribution is -0.144.